The van der Waals surface area contributed by atoms with E-state index >= 15 is 0 Å². The molecule has 1 aliphatic carbocycles. The van der Waals surface area contributed by atoms with E-state index in [1.165, 1.54) is 22.9 Å². The quantitative estimate of drug-likeness (QED) is 0.278. The van der Waals surface area contributed by atoms with Crippen molar-refractivity contribution < 1.29 is 4.79 Å². The van der Waals surface area contributed by atoms with Gasteiger partial charge in [0.2, 0.25) is 5.91 Å². The number of carbonyl (C=O) groups is 1. The van der Waals surface area contributed by atoms with E-state index < -0.39 is 0 Å². The molecule has 186 valence electrons. The van der Waals surface area contributed by atoms with Gasteiger partial charge in [0.1, 0.15) is 0 Å². The number of rotatable bonds is 7. The number of imidazole rings is 1. The molecule has 0 aliphatic heterocycles. The summed E-state index contributed by atoms with van der Waals surface area (Å²) in [5.41, 5.74) is 5.25. The van der Waals surface area contributed by atoms with Crippen molar-refractivity contribution in [1.29, 1.82) is 0 Å². The third-order valence-corrected chi connectivity index (χ3v) is 7.92. The number of carbonyl (C=O) groups excluding carboxylic acids is 1. The summed E-state index contributed by atoms with van der Waals surface area (Å²) in [4.78, 5) is 17.5. The van der Waals surface area contributed by atoms with Gasteiger partial charge < -0.3 is 9.88 Å². The van der Waals surface area contributed by atoms with Gasteiger partial charge in [0.05, 0.1) is 46.4 Å². The summed E-state index contributed by atoms with van der Waals surface area (Å²) >= 11 is 7.95. The van der Waals surface area contributed by atoms with Crippen molar-refractivity contribution in [3.63, 3.8) is 0 Å². The largest absolute Gasteiger partial charge is 0.349 e. The first-order valence-corrected chi connectivity index (χ1v) is 13.6. The predicted molar refractivity (Wildman–Crippen MR) is 146 cm³/mol. The van der Waals surface area contributed by atoms with Crippen LogP contribution in [0, 0.1) is 0 Å². The van der Waals surface area contributed by atoms with E-state index in [-0.39, 0.29) is 17.7 Å². The summed E-state index contributed by atoms with van der Waals surface area (Å²) in [6, 6.07) is 24.0. The van der Waals surface area contributed by atoms with Gasteiger partial charge in [0, 0.05) is 0 Å². The second kappa shape index (κ2) is 10.4. The summed E-state index contributed by atoms with van der Waals surface area (Å²) in [6.07, 6.45) is 4.89. The maximum atomic E-state index is 13.0. The minimum atomic E-state index is -0.0254. The van der Waals surface area contributed by atoms with E-state index in [2.05, 4.69) is 38.7 Å². The van der Waals surface area contributed by atoms with Gasteiger partial charge in [-0.05, 0) is 54.7 Å². The number of benzene rings is 3. The Balaban J connectivity index is 1.24. The molecule has 37 heavy (non-hydrogen) atoms. The Labute approximate surface area is 223 Å². The summed E-state index contributed by atoms with van der Waals surface area (Å²) in [5.74, 6) is 0.915. The lowest BCUT2D eigenvalue weighted by atomic mass is 9.88. The van der Waals surface area contributed by atoms with Gasteiger partial charge in [-0.1, -0.05) is 71.9 Å². The molecular formula is C28H25ClN6OS. The maximum Gasteiger partial charge on any atom is 0.230 e. The third kappa shape index (κ3) is 4.86. The van der Waals surface area contributed by atoms with E-state index in [1.807, 2.05) is 63.7 Å². The number of amides is 1. The number of hydrogen-bond donors (Lipinski definition) is 1. The minimum Gasteiger partial charge on any atom is -0.349 e. The molecule has 0 saturated carbocycles. The molecule has 1 N–H and O–H groups in total. The molecule has 3 aromatic carbocycles. The number of aromatic nitrogens is 5. The highest BCUT2D eigenvalue weighted by molar-refractivity contribution is 7.99. The Morgan fingerprint density at radius 3 is 2.76 bits per heavy atom. The summed E-state index contributed by atoms with van der Waals surface area (Å²) in [6.45, 7) is 0.463. The first kappa shape index (κ1) is 23.8. The molecule has 9 heteroatoms. The molecule has 2 aromatic heterocycles. The summed E-state index contributed by atoms with van der Waals surface area (Å²) in [5, 5.41) is 13.4. The van der Waals surface area contributed by atoms with Crippen LogP contribution in [-0.4, -0.2) is 36.0 Å². The second-order valence-corrected chi connectivity index (χ2v) is 10.4. The van der Waals surface area contributed by atoms with Crippen molar-refractivity contribution >= 4 is 40.3 Å². The fourth-order valence-corrected chi connectivity index (χ4v) is 5.93. The number of thioether (sulfide) groups is 1. The summed E-state index contributed by atoms with van der Waals surface area (Å²) < 4.78 is 3.97. The van der Waals surface area contributed by atoms with Gasteiger partial charge in [-0.3, -0.25) is 9.36 Å². The van der Waals surface area contributed by atoms with Crippen LogP contribution in [0.1, 0.15) is 35.8 Å². The molecule has 0 spiro atoms. The highest BCUT2D eigenvalue weighted by Gasteiger charge is 2.23. The van der Waals surface area contributed by atoms with Gasteiger partial charge in [-0.15, -0.1) is 10.2 Å². The Kier molecular flexibility index (Phi) is 6.68. The average Bonchev–Trinajstić information content (AvgIpc) is 3.52. The number of aryl methyl sites for hydroxylation is 1. The van der Waals surface area contributed by atoms with Crippen LogP contribution in [0.3, 0.4) is 0 Å². The first-order valence-electron chi connectivity index (χ1n) is 12.3. The van der Waals surface area contributed by atoms with Crippen molar-refractivity contribution in [2.24, 2.45) is 0 Å². The zero-order valence-corrected chi connectivity index (χ0v) is 21.6. The van der Waals surface area contributed by atoms with E-state index in [0.29, 0.717) is 22.5 Å². The van der Waals surface area contributed by atoms with E-state index in [0.717, 1.165) is 36.0 Å². The van der Waals surface area contributed by atoms with Crippen LogP contribution in [0.25, 0.3) is 16.7 Å². The molecule has 7 nitrogen and oxygen atoms in total. The lowest BCUT2D eigenvalue weighted by Crippen LogP contribution is -2.32. The monoisotopic (exact) mass is 528 g/mol. The third-order valence-electron chi connectivity index (χ3n) is 6.67. The maximum absolute atomic E-state index is 13.0. The van der Waals surface area contributed by atoms with Gasteiger partial charge in [0.15, 0.2) is 11.0 Å². The van der Waals surface area contributed by atoms with Crippen molar-refractivity contribution in [2.75, 3.05) is 5.75 Å². The molecule has 0 radical (unpaired) electrons. The zero-order valence-electron chi connectivity index (χ0n) is 20.0. The highest BCUT2D eigenvalue weighted by Crippen LogP contribution is 2.31. The molecule has 1 aliphatic rings. The second-order valence-electron chi connectivity index (χ2n) is 9.05. The molecular weight excluding hydrogens is 504 g/mol. The van der Waals surface area contributed by atoms with Gasteiger partial charge in [-0.25, -0.2) is 4.98 Å². The smallest absolute Gasteiger partial charge is 0.230 e. The SMILES string of the molecule is O=C(CSc1nnc(Cn2cnc3ccccc32)n1-c1ccccc1Cl)NC1CCCc2ccccc21. The predicted octanol–water partition coefficient (Wildman–Crippen LogP) is 5.60. The van der Waals surface area contributed by atoms with E-state index in [1.54, 1.807) is 6.33 Å². The van der Waals surface area contributed by atoms with Crippen molar-refractivity contribution in [3.05, 3.63) is 101 Å². The molecule has 6 rings (SSSR count). The number of hydrogen-bond acceptors (Lipinski definition) is 5. The molecule has 0 saturated heterocycles. The average molecular weight is 529 g/mol. The number of para-hydroxylation sites is 3. The van der Waals surface area contributed by atoms with Crippen LogP contribution in [0.5, 0.6) is 0 Å². The fraction of sp³-hybridized carbons (Fsp3) is 0.214. The first-order chi connectivity index (χ1) is 18.2. The zero-order chi connectivity index (χ0) is 25.2. The standard InChI is InChI=1S/C28H25ClN6OS/c29-21-11-3-5-14-24(21)35-26(16-34-18-30-23-12-4-6-15-25(23)34)32-33-28(35)37-17-27(36)31-22-13-7-9-19-8-1-2-10-20(19)22/h1-6,8,10-12,14-15,18,22H,7,9,13,16-17H2,(H,31,36). The number of nitrogens with one attached hydrogen (secondary N) is 1. The Morgan fingerprint density at radius 2 is 1.84 bits per heavy atom. The Bertz CT molecular complexity index is 1580. The van der Waals surface area contributed by atoms with E-state index in [4.69, 9.17) is 11.6 Å². The number of nitrogens with zero attached hydrogens (tertiary/aromatic N) is 5. The van der Waals surface area contributed by atoms with Crippen LogP contribution >= 0.6 is 23.4 Å². The van der Waals surface area contributed by atoms with Crippen LogP contribution in [-0.2, 0) is 17.8 Å². The normalized spacial score (nSPS) is 15.0. The van der Waals surface area contributed by atoms with Crippen molar-refractivity contribution in [3.8, 4) is 5.69 Å². The molecule has 1 unspecified atom stereocenters. The Hall–Kier alpha value is -3.62. The van der Waals surface area contributed by atoms with Gasteiger partial charge >= 0.3 is 0 Å². The van der Waals surface area contributed by atoms with Crippen LogP contribution < -0.4 is 5.32 Å². The molecule has 1 atom stereocenters. The Morgan fingerprint density at radius 1 is 1.03 bits per heavy atom. The topological polar surface area (TPSA) is 77.6 Å². The number of fused-ring (bicyclic) bond motifs is 2. The molecule has 0 bridgehead atoms. The number of halogens is 1. The van der Waals surface area contributed by atoms with E-state index in [9.17, 15) is 4.79 Å². The molecule has 0 fully saturated rings. The lowest BCUT2D eigenvalue weighted by Gasteiger charge is -2.26. The van der Waals surface area contributed by atoms with Gasteiger partial charge in [-0.2, -0.15) is 0 Å². The van der Waals surface area contributed by atoms with Crippen molar-refractivity contribution in [2.45, 2.75) is 37.0 Å². The fourth-order valence-electron chi connectivity index (χ4n) is 4.93. The minimum absolute atomic E-state index is 0.0254. The van der Waals surface area contributed by atoms with Crippen LogP contribution in [0.15, 0.2) is 84.3 Å². The highest BCUT2D eigenvalue weighted by atomic mass is 35.5. The van der Waals surface area contributed by atoms with Crippen LogP contribution in [0.4, 0.5) is 0 Å². The summed E-state index contributed by atoms with van der Waals surface area (Å²) in [7, 11) is 0. The van der Waals surface area contributed by atoms with Crippen LogP contribution in [0.2, 0.25) is 5.02 Å². The molecule has 1 amide bonds. The van der Waals surface area contributed by atoms with Crippen molar-refractivity contribution in [1.82, 2.24) is 29.6 Å². The molecule has 5 aromatic rings. The molecule has 2 heterocycles. The van der Waals surface area contributed by atoms with Gasteiger partial charge in [0.25, 0.3) is 0 Å². The lowest BCUT2D eigenvalue weighted by molar-refractivity contribution is -0.119.